The van der Waals surface area contributed by atoms with Gasteiger partial charge < -0.3 is 14.2 Å². The molecule has 1 N–H and O–H groups in total. The Bertz CT molecular complexity index is 925. The van der Waals surface area contributed by atoms with E-state index in [2.05, 4.69) is 17.2 Å². The van der Waals surface area contributed by atoms with E-state index in [0.29, 0.717) is 29.8 Å². The van der Waals surface area contributed by atoms with E-state index in [9.17, 15) is 4.79 Å². The van der Waals surface area contributed by atoms with Crippen molar-refractivity contribution in [3.63, 3.8) is 0 Å². The van der Waals surface area contributed by atoms with Crippen LogP contribution in [0.3, 0.4) is 0 Å². The van der Waals surface area contributed by atoms with Crippen LogP contribution in [0, 0.1) is 0 Å². The second kappa shape index (κ2) is 10.5. The highest BCUT2D eigenvalue weighted by atomic mass is 32.1. The van der Waals surface area contributed by atoms with Gasteiger partial charge in [-0.2, -0.15) is 0 Å². The van der Waals surface area contributed by atoms with Crippen LogP contribution >= 0.6 is 11.3 Å². The van der Waals surface area contributed by atoms with E-state index in [1.54, 1.807) is 6.07 Å². The molecule has 0 spiro atoms. The van der Waals surface area contributed by atoms with E-state index in [4.69, 9.17) is 14.2 Å². The molecule has 6 nitrogen and oxygen atoms in total. The fraction of sp³-hybridized carbons (Fsp3) is 0.273. The maximum atomic E-state index is 12.2. The summed E-state index contributed by atoms with van der Waals surface area (Å²) in [5.74, 6) is 1.71. The van der Waals surface area contributed by atoms with E-state index in [1.807, 2.05) is 54.8 Å². The highest BCUT2D eigenvalue weighted by Gasteiger charge is 2.11. The Hall–Kier alpha value is -3.06. The highest BCUT2D eigenvalue weighted by Crippen LogP contribution is 2.28. The summed E-state index contributed by atoms with van der Waals surface area (Å²) < 4.78 is 16.7. The summed E-state index contributed by atoms with van der Waals surface area (Å²) in [6, 6.07) is 15.0. The first kappa shape index (κ1) is 20.7. The van der Waals surface area contributed by atoms with Gasteiger partial charge in [-0.05, 0) is 49.7 Å². The quantitative estimate of drug-likeness (QED) is 0.507. The van der Waals surface area contributed by atoms with Crippen molar-refractivity contribution in [2.24, 2.45) is 0 Å². The number of anilines is 1. The maximum absolute atomic E-state index is 12.2. The van der Waals surface area contributed by atoms with Crippen LogP contribution in [0.25, 0.3) is 11.3 Å². The Balaban J connectivity index is 1.55. The molecule has 1 heterocycles. The van der Waals surface area contributed by atoms with E-state index in [-0.39, 0.29) is 12.5 Å². The molecule has 0 saturated heterocycles. The van der Waals surface area contributed by atoms with Gasteiger partial charge in [0, 0.05) is 10.9 Å². The number of nitrogens with zero attached hydrogens (tertiary/aromatic N) is 1. The molecular weight excluding hydrogens is 388 g/mol. The zero-order valence-electron chi connectivity index (χ0n) is 16.5. The highest BCUT2D eigenvalue weighted by molar-refractivity contribution is 7.14. The number of nitrogens with one attached hydrogen (secondary N) is 1. The lowest BCUT2D eigenvalue weighted by molar-refractivity contribution is -0.118. The van der Waals surface area contributed by atoms with Crippen LogP contribution in [0.5, 0.6) is 17.2 Å². The molecule has 3 rings (SSSR count). The van der Waals surface area contributed by atoms with Gasteiger partial charge in [0.25, 0.3) is 5.91 Å². The minimum Gasteiger partial charge on any atom is -0.494 e. The number of benzene rings is 2. The van der Waals surface area contributed by atoms with E-state index in [0.717, 1.165) is 23.4 Å². The van der Waals surface area contributed by atoms with Crippen LogP contribution < -0.4 is 19.5 Å². The lowest BCUT2D eigenvalue weighted by Gasteiger charge is -2.10. The molecule has 1 amide bonds. The van der Waals surface area contributed by atoms with Crippen molar-refractivity contribution in [3.05, 3.63) is 53.9 Å². The third-order valence-corrected chi connectivity index (χ3v) is 4.64. The number of hydrogen-bond donors (Lipinski definition) is 1. The van der Waals surface area contributed by atoms with Crippen molar-refractivity contribution in [2.75, 3.05) is 25.1 Å². The van der Waals surface area contributed by atoms with Gasteiger partial charge in [0.1, 0.15) is 5.75 Å². The van der Waals surface area contributed by atoms with Gasteiger partial charge in [0.2, 0.25) is 0 Å². The molecule has 7 heteroatoms. The average molecular weight is 413 g/mol. The summed E-state index contributed by atoms with van der Waals surface area (Å²) in [6.45, 7) is 5.07. The minimum atomic E-state index is -0.277. The summed E-state index contributed by atoms with van der Waals surface area (Å²) in [4.78, 5) is 16.7. The number of carbonyl (C=O) groups excluding carboxylic acids is 1. The van der Waals surface area contributed by atoms with Crippen LogP contribution in [-0.2, 0) is 4.79 Å². The number of amides is 1. The molecule has 0 fully saturated rings. The number of thiazole rings is 1. The first-order valence-electron chi connectivity index (χ1n) is 9.52. The molecule has 2 aromatic carbocycles. The zero-order chi connectivity index (χ0) is 20.5. The number of para-hydroxylation sites is 2. The number of carbonyl (C=O) groups is 1. The number of aromatic nitrogens is 1. The van der Waals surface area contributed by atoms with Gasteiger partial charge in [0.05, 0.1) is 18.9 Å². The van der Waals surface area contributed by atoms with Crippen molar-refractivity contribution in [2.45, 2.75) is 20.3 Å². The number of hydrogen-bond acceptors (Lipinski definition) is 6. The molecule has 152 valence electrons. The summed E-state index contributed by atoms with van der Waals surface area (Å²) in [5.41, 5.74) is 1.77. The molecule has 0 unspecified atom stereocenters. The maximum Gasteiger partial charge on any atom is 0.264 e. The van der Waals surface area contributed by atoms with Crippen LogP contribution in [0.15, 0.2) is 53.9 Å². The fourth-order valence-corrected chi connectivity index (χ4v) is 3.28. The second-order valence-electron chi connectivity index (χ2n) is 6.13. The summed E-state index contributed by atoms with van der Waals surface area (Å²) >= 11 is 1.37. The Labute approximate surface area is 174 Å². The molecule has 0 bridgehead atoms. The lowest BCUT2D eigenvalue weighted by atomic mass is 10.2. The van der Waals surface area contributed by atoms with Crippen molar-refractivity contribution < 1.29 is 19.0 Å². The standard InChI is InChI=1S/C22H24N2O4S/c1-3-13-27-17-11-9-16(10-12-17)18-15-29-22(23-18)24-21(25)14-28-20-8-6-5-7-19(20)26-4-2/h5-12,15H,3-4,13-14H2,1-2H3,(H,23,24,25). The van der Waals surface area contributed by atoms with Crippen molar-refractivity contribution in [3.8, 4) is 28.5 Å². The molecule has 0 atom stereocenters. The smallest absolute Gasteiger partial charge is 0.264 e. The van der Waals surface area contributed by atoms with Gasteiger partial charge >= 0.3 is 0 Å². The van der Waals surface area contributed by atoms with E-state index >= 15 is 0 Å². The molecular formula is C22H24N2O4S. The minimum absolute atomic E-state index is 0.123. The number of ether oxygens (including phenoxy) is 3. The Morgan fingerprint density at radius 1 is 1.00 bits per heavy atom. The van der Waals surface area contributed by atoms with Crippen molar-refractivity contribution in [1.82, 2.24) is 4.98 Å². The third-order valence-electron chi connectivity index (χ3n) is 3.88. The molecule has 1 aromatic heterocycles. The SMILES string of the molecule is CCCOc1ccc(-c2csc(NC(=O)COc3ccccc3OCC)n2)cc1. The zero-order valence-corrected chi connectivity index (χ0v) is 17.3. The molecule has 0 saturated carbocycles. The summed E-state index contributed by atoms with van der Waals surface area (Å²) in [5, 5.41) is 5.20. The topological polar surface area (TPSA) is 69.7 Å². The van der Waals surface area contributed by atoms with E-state index in [1.165, 1.54) is 11.3 Å². The molecule has 0 radical (unpaired) electrons. The van der Waals surface area contributed by atoms with Crippen LogP contribution in [0.1, 0.15) is 20.3 Å². The Kier molecular flexibility index (Phi) is 7.47. The first-order valence-corrected chi connectivity index (χ1v) is 10.4. The lowest BCUT2D eigenvalue weighted by Crippen LogP contribution is -2.20. The normalized spacial score (nSPS) is 10.4. The van der Waals surface area contributed by atoms with Gasteiger partial charge in [-0.3, -0.25) is 10.1 Å². The molecule has 29 heavy (non-hydrogen) atoms. The number of rotatable bonds is 10. The Morgan fingerprint density at radius 2 is 1.72 bits per heavy atom. The average Bonchev–Trinajstić information content (AvgIpc) is 3.20. The van der Waals surface area contributed by atoms with Crippen LogP contribution in [0.2, 0.25) is 0 Å². The predicted octanol–water partition coefficient (Wildman–Crippen LogP) is 5.02. The predicted molar refractivity (Wildman–Crippen MR) is 115 cm³/mol. The van der Waals surface area contributed by atoms with Gasteiger partial charge in [-0.15, -0.1) is 11.3 Å². The molecule has 0 aliphatic rings. The Morgan fingerprint density at radius 3 is 2.41 bits per heavy atom. The largest absolute Gasteiger partial charge is 0.494 e. The molecule has 0 aliphatic carbocycles. The molecule has 0 aliphatic heterocycles. The second-order valence-corrected chi connectivity index (χ2v) is 6.99. The van der Waals surface area contributed by atoms with Gasteiger partial charge in [-0.1, -0.05) is 19.1 Å². The van der Waals surface area contributed by atoms with Crippen LogP contribution in [-0.4, -0.2) is 30.7 Å². The van der Waals surface area contributed by atoms with Crippen LogP contribution in [0.4, 0.5) is 5.13 Å². The fourth-order valence-electron chi connectivity index (χ4n) is 2.55. The third kappa shape index (κ3) is 5.96. The summed E-state index contributed by atoms with van der Waals surface area (Å²) in [7, 11) is 0. The van der Waals surface area contributed by atoms with Gasteiger partial charge in [-0.25, -0.2) is 4.98 Å². The molecule has 3 aromatic rings. The summed E-state index contributed by atoms with van der Waals surface area (Å²) in [6.07, 6.45) is 0.970. The van der Waals surface area contributed by atoms with Gasteiger partial charge in [0.15, 0.2) is 23.2 Å². The van der Waals surface area contributed by atoms with Crippen molar-refractivity contribution >= 4 is 22.4 Å². The van der Waals surface area contributed by atoms with E-state index < -0.39 is 0 Å². The monoisotopic (exact) mass is 412 g/mol. The first-order chi connectivity index (χ1) is 14.2. The van der Waals surface area contributed by atoms with Crippen molar-refractivity contribution in [1.29, 1.82) is 0 Å².